The van der Waals surface area contributed by atoms with Gasteiger partial charge in [0.05, 0.1) is 17.1 Å². The van der Waals surface area contributed by atoms with E-state index in [0.717, 1.165) is 11.4 Å². The highest BCUT2D eigenvalue weighted by atomic mass is 16.4. The average molecular weight is 245 g/mol. The number of carboxylic acid groups (broad SMARTS) is 1. The van der Waals surface area contributed by atoms with Crippen LogP contribution in [0.5, 0.6) is 0 Å². The smallest absolute Gasteiger partial charge is 0.358 e. The molecule has 1 aliphatic rings. The first-order valence-corrected chi connectivity index (χ1v) is 5.44. The van der Waals surface area contributed by atoms with Crippen molar-refractivity contribution >= 4 is 17.3 Å². The lowest BCUT2D eigenvalue weighted by Gasteiger charge is -2.10. The van der Waals surface area contributed by atoms with Crippen molar-refractivity contribution in [3.05, 3.63) is 35.7 Å². The Morgan fingerprint density at radius 3 is 2.39 bits per heavy atom. The third-order valence-corrected chi connectivity index (χ3v) is 2.74. The summed E-state index contributed by atoms with van der Waals surface area (Å²) in [6.45, 7) is 1.62. The number of carbonyl (C=O) groups is 1. The van der Waals surface area contributed by atoms with Gasteiger partial charge in [-0.25, -0.2) is 4.79 Å². The fraction of sp³-hybridized carbons (Fsp3) is 0.182. The molecule has 1 aromatic heterocycles. The molecule has 92 valence electrons. The second kappa shape index (κ2) is 3.73. The monoisotopic (exact) mass is 245 g/mol. The number of aromatic carboxylic acids is 1. The number of aromatic nitrogens is 3. The second-order valence-corrected chi connectivity index (χ2v) is 4.00. The Kier molecular flexibility index (Phi) is 2.19. The van der Waals surface area contributed by atoms with E-state index in [1.165, 1.54) is 4.80 Å². The van der Waals surface area contributed by atoms with Crippen LogP contribution in [0, 0.1) is 6.92 Å². The third-order valence-electron chi connectivity index (χ3n) is 2.74. The molecule has 3 N–H and O–H groups in total. The SMILES string of the molecule is Cc1nn(C2Nc3ccccc3N2)nc1C(=O)O. The molecule has 7 nitrogen and oxygen atoms in total. The Hall–Kier alpha value is -2.57. The van der Waals surface area contributed by atoms with E-state index in [1.54, 1.807) is 6.92 Å². The molecule has 0 atom stereocenters. The molecule has 0 amide bonds. The minimum Gasteiger partial charge on any atom is -0.476 e. The van der Waals surface area contributed by atoms with Crippen molar-refractivity contribution < 1.29 is 9.90 Å². The van der Waals surface area contributed by atoms with Gasteiger partial charge in [-0.2, -0.15) is 5.10 Å². The highest BCUT2D eigenvalue weighted by molar-refractivity contribution is 5.86. The molecule has 0 radical (unpaired) electrons. The highest BCUT2D eigenvalue weighted by Gasteiger charge is 2.24. The van der Waals surface area contributed by atoms with Crippen LogP contribution >= 0.6 is 0 Å². The summed E-state index contributed by atoms with van der Waals surface area (Å²) >= 11 is 0. The van der Waals surface area contributed by atoms with Gasteiger partial charge in [-0.15, -0.1) is 9.90 Å². The molecule has 0 saturated carbocycles. The van der Waals surface area contributed by atoms with Gasteiger partial charge in [0, 0.05) is 0 Å². The van der Waals surface area contributed by atoms with Crippen molar-refractivity contribution in [3.63, 3.8) is 0 Å². The summed E-state index contributed by atoms with van der Waals surface area (Å²) in [6.07, 6.45) is -0.366. The van der Waals surface area contributed by atoms with E-state index in [9.17, 15) is 4.79 Å². The van der Waals surface area contributed by atoms with Crippen LogP contribution in [0.1, 0.15) is 22.5 Å². The number of para-hydroxylation sites is 2. The molecule has 1 aromatic carbocycles. The Balaban J connectivity index is 1.91. The summed E-state index contributed by atoms with van der Waals surface area (Å²) < 4.78 is 0. The number of anilines is 2. The number of carboxylic acids is 1. The van der Waals surface area contributed by atoms with Gasteiger partial charge in [-0.1, -0.05) is 12.1 Å². The van der Waals surface area contributed by atoms with Crippen molar-refractivity contribution in [2.45, 2.75) is 13.2 Å². The lowest BCUT2D eigenvalue weighted by Crippen LogP contribution is -2.23. The van der Waals surface area contributed by atoms with Gasteiger partial charge in [-0.05, 0) is 19.1 Å². The fourth-order valence-corrected chi connectivity index (χ4v) is 1.89. The van der Waals surface area contributed by atoms with Gasteiger partial charge in [0.1, 0.15) is 0 Å². The van der Waals surface area contributed by atoms with Gasteiger partial charge in [0.25, 0.3) is 0 Å². The maximum absolute atomic E-state index is 10.9. The third kappa shape index (κ3) is 1.56. The summed E-state index contributed by atoms with van der Waals surface area (Å²) in [5, 5.41) is 23.3. The van der Waals surface area contributed by atoms with Crippen molar-refractivity contribution in [1.82, 2.24) is 15.0 Å². The molecule has 3 rings (SSSR count). The minimum absolute atomic E-state index is 0.0328. The first kappa shape index (κ1) is 10.6. The van der Waals surface area contributed by atoms with Gasteiger partial charge in [0.15, 0.2) is 5.69 Å². The molecule has 1 aliphatic heterocycles. The Morgan fingerprint density at radius 2 is 1.89 bits per heavy atom. The van der Waals surface area contributed by atoms with Crippen LogP contribution in [0.15, 0.2) is 24.3 Å². The zero-order valence-electron chi connectivity index (χ0n) is 9.58. The highest BCUT2D eigenvalue weighted by Crippen LogP contribution is 2.31. The standard InChI is InChI=1S/C11H11N5O2/c1-6-9(10(17)18)15-16(14-6)11-12-7-4-2-3-5-8(7)13-11/h2-5,11-13H,1H3,(H,17,18). The lowest BCUT2D eigenvalue weighted by molar-refractivity contribution is 0.0688. The van der Waals surface area contributed by atoms with E-state index < -0.39 is 5.97 Å². The molecule has 0 bridgehead atoms. The van der Waals surface area contributed by atoms with E-state index in [4.69, 9.17) is 5.11 Å². The molecule has 0 spiro atoms. The number of nitrogens with one attached hydrogen (secondary N) is 2. The molecule has 0 aliphatic carbocycles. The van der Waals surface area contributed by atoms with E-state index in [1.807, 2.05) is 24.3 Å². The Bertz CT molecular complexity index is 597. The van der Waals surface area contributed by atoms with E-state index in [0.29, 0.717) is 5.69 Å². The normalized spacial score (nSPS) is 13.8. The first-order chi connectivity index (χ1) is 8.65. The molecular formula is C11H11N5O2. The van der Waals surface area contributed by atoms with Gasteiger partial charge in [0.2, 0.25) is 6.29 Å². The lowest BCUT2D eigenvalue weighted by atomic mass is 10.3. The topological polar surface area (TPSA) is 92.1 Å². The molecule has 0 fully saturated rings. The number of rotatable bonds is 2. The summed E-state index contributed by atoms with van der Waals surface area (Å²) in [5.74, 6) is -1.07. The zero-order valence-corrected chi connectivity index (χ0v) is 9.58. The number of aryl methyl sites for hydroxylation is 1. The van der Waals surface area contributed by atoms with Crippen LogP contribution in [0.4, 0.5) is 11.4 Å². The average Bonchev–Trinajstić information content (AvgIpc) is 2.91. The van der Waals surface area contributed by atoms with Gasteiger partial charge < -0.3 is 15.7 Å². The minimum atomic E-state index is -1.07. The van der Waals surface area contributed by atoms with Crippen LogP contribution in [0.3, 0.4) is 0 Å². The largest absolute Gasteiger partial charge is 0.476 e. The van der Waals surface area contributed by atoms with E-state index in [2.05, 4.69) is 20.8 Å². The van der Waals surface area contributed by atoms with E-state index >= 15 is 0 Å². The molecule has 0 unspecified atom stereocenters. The molecule has 7 heteroatoms. The van der Waals surface area contributed by atoms with Crippen molar-refractivity contribution in [2.75, 3.05) is 10.6 Å². The van der Waals surface area contributed by atoms with Crippen LogP contribution in [-0.4, -0.2) is 26.1 Å². The van der Waals surface area contributed by atoms with Crippen LogP contribution in [0.25, 0.3) is 0 Å². The summed E-state index contributed by atoms with van der Waals surface area (Å²) in [7, 11) is 0. The predicted octanol–water partition coefficient (Wildman–Crippen LogP) is 1.28. The molecule has 18 heavy (non-hydrogen) atoms. The van der Waals surface area contributed by atoms with Gasteiger partial charge >= 0.3 is 5.97 Å². The first-order valence-electron chi connectivity index (χ1n) is 5.44. The molecular weight excluding hydrogens is 234 g/mol. The number of benzene rings is 1. The fourth-order valence-electron chi connectivity index (χ4n) is 1.89. The predicted molar refractivity (Wildman–Crippen MR) is 64.4 cm³/mol. The number of hydrogen-bond acceptors (Lipinski definition) is 5. The molecule has 2 heterocycles. The molecule has 0 saturated heterocycles. The number of hydrogen-bond donors (Lipinski definition) is 3. The summed E-state index contributed by atoms with van der Waals surface area (Å²) in [4.78, 5) is 12.2. The number of fused-ring (bicyclic) bond motifs is 1. The zero-order chi connectivity index (χ0) is 12.7. The summed E-state index contributed by atoms with van der Waals surface area (Å²) in [6, 6.07) is 7.69. The quantitative estimate of drug-likeness (QED) is 0.738. The maximum Gasteiger partial charge on any atom is 0.358 e. The van der Waals surface area contributed by atoms with Crippen molar-refractivity contribution in [2.24, 2.45) is 0 Å². The van der Waals surface area contributed by atoms with Crippen molar-refractivity contribution in [3.8, 4) is 0 Å². The molecule has 2 aromatic rings. The summed E-state index contributed by atoms with van der Waals surface area (Å²) in [5.41, 5.74) is 2.24. The van der Waals surface area contributed by atoms with Crippen LogP contribution < -0.4 is 10.6 Å². The Morgan fingerprint density at radius 1 is 1.28 bits per heavy atom. The van der Waals surface area contributed by atoms with Crippen LogP contribution in [0.2, 0.25) is 0 Å². The maximum atomic E-state index is 10.9. The van der Waals surface area contributed by atoms with Crippen molar-refractivity contribution in [1.29, 1.82) is 0 Å². The second-order valence-electron chi connectivity index (χ2n) is 4.00. The van der Waals surface area contributed by atoms with Gasteiger partial charge in [-0.3, -0.25) is 0 Å². The number of nitrogens with zero attached hydrogens (tertiary/aromatic N) is 3. The Labute approximate surface area is 102 Å². The van der Waals surface area contributed by atoms with Crippen LogP contribution in [-0.2, 0) is 0 Å². The van der Waals surface area contributed by atoms with E-state index in [-0.39, 0.29) is 12.0 Å².